The summed E-state index contributed by atoms with van der Waals surface area (Å²) in [5.74, 6) is 0. The first-order chi connectivity index (χ1) is 8.22. The molecule has 0 saturated heterocycles. The van der Waals surface area contributed by atoms with Gasteiger partial charge in [0.25, 0.3) is 0 Å². The minimum absolute atomic E-state index is 0.559. The molecule has 1 aromatic heterocycles. The Kier molecular flexibility index (Phi) is 3.55. The van der Waals surface area contributed by atoms with Crippen molar-refractivity contribution in [3.63, 3.8) is 0 Å². The number of nitrogens with two attached hydrogens (primary N) is 1. The molecule has 0 aliphatic rings. The van der Waals surface area contributed by atoms with Gasteiger partial charge in [0, 0.05) is 17.8 Å². The van der Waals surface area contributed by atoms with Crippen molar-refractivity contribution in [2.75, 3.05) is 0 Å². The van der Waals surface area contributed by atoms with E-state index < -0.39 is 0 Å². The summed E-state index contributed by atoms with van der Waals surface area (Å²) in [5, 5.41) is 0. The van der Waals surface area contributed by atoms with Gasteiger partial charge < -0.3 is 5.73 Å². The highest BCUT2D eigenvalue weighted by Gasteiger charge is 2.03. The van der Waals surface area contributed by atoms with Crippen LogP contribution < -0.4 is 5.73 Å². The van der Waals surface area contributed by atoms with Crippen molar-refractivity contribution in [3.05, 3.63) is 53.2 Å². The van der Waals surface area contributed by atoms with E-state index in [9.17, 15) is 0 Å². The van der Waals surface area contributed by atoms with Crippen LogP contribution in [-0.2, 0) is 13.0 Å². The fraction of sp³-hybridized carbons (Fsp3) is 0.267. The summed E-state index contributed by atoms with van der Waals surface area (Å²) in [6.07, 6.45) is 1.05. The minimum atomic E-state index is 0.559. The number of hydrogen-bond donors (Lipinski definition) is 1. The van der Waals surface area contributed by atoms with Gasteiger partial charge in [0.1, 0.15) is 0 Å². The first-order valence-electron chi connectivity index (χ1n) is 6.00. The molecule has 0 aliphatic heterocycles. The van der Waals surface area contributed by atoms with Gasteiger partial charge in [-0.2, -0.15) is 0 Å². The largest absolute Gasteiger partial charge is 0.326 e. The van der Waals surface area contributed by atoms with Crippen molar-refractivity contribution < 1.29 is 0 Å². The molecule has 0 aliphatic carbocycles. The standard InChI is InChI=1S/C15H18N2/c1-3-12-5-4-6-14(8-12)15-9-13(10-16)7-11(2)17-15/h4-9H,3,10,16H2,1-2H3. The van der Waals surface area contributed by atoms with Gasteiger partial charge >= 0.3 is 0 Å². The van der Waals surface area contributed by atoms with Crippen molar-refractivity contribution in [1.29, 1.82) is 0 Å². The predicted molar refractivity (Wildman–Crippen MR) is 71.7 cm³/mol. The van der Waals surface area contributed by atoms with Crippen LogP contribution in [0.3, 0.4) is 0 Å². The number of pyridine rings is 1. The van der Waals surface area contributed by atoms with Crippen LogP contribution in [0.2, 0.25) is 0 Å². The van der Waals surface area contributed by atoms with E-state index in [4.69, 9.17) is 5.73 Å². The molecular formula is C15H18N2. The molecule has 2 N–H and O–H groups in total. The van der Waals surface area contributed by atoms with Crippen molar-refractivity contribution >= 4 is 0 Å². The van der Waals surface area contributed by atoms with Crippen molar-refractivity contribution in [2.45, 2.75) is 26.8 Å². The summed E-state index contributed by atoms with van der Waals surface area (Å²) in [6, 6.07) is 12.6. The second-order valence-corrected chi connectivity index (χ2v) is 4.26. The van der Waals surface area contributed by atoms with Gasteiger partial charge in [0.2, 0.25) is 0 Å². The molecule has 88 valence electrons. The van der Waals surface area contributed by atoms with E-state index in [2.05, 4.69) is 42.2 Å². The van der Waals surface area contributed by atoms with Crippen LogP contribution in [0, 0.1) is 6.92 Å². The average Bonchev–Trinajstić information content (AvgIpc) is 2.38. The fourth-order valence-corrected chi connectivity index (χ4v) is 1.96. The first kappa shape index (κ1) is 11.8. The lowest BCUT2D eigenvalue weighted by molar-refractivity contribution is 1.04. The zero-order chi connectivity index (χ0) is 12.3. The second kappa shape index (κ2) is 5.11. The van der Waals surface area contributed by atoms with Crippen molar-refractivity contribution in [1.82, 2.24) is 4.98 Å². The van der Waals surface area contributed by atoms with Crippen LogP contribution in [-0.4, -0.2) is 4.98 Å². The molecule has 2 aromatic rings. The molecule has 0 atom stereocenters. The van der Waals surface area contributed by atoms with Crippen molar-refractivity contribution in [3.8, 4) is 11.3 Å². The number of rotatable bonds is 3. The SMILES string of the molecule is CCc1cccc(-c2cc(CN)cc(C)n2)c1. The Morgan fingerprint density at radius 3 is 2.65 bits per heavy atom. The molecule has 0 saturated carbocycles. The van der Waals surface area contributed by atoms with E-state index >= 15 is 0 Å². The van der Waals surface area contributed by atoms with Gasteiger partial charge in [-0.05, 0) is 42.7 Å². The number of nitrogens with zero attached hydrogens (tertiary/aromatic N) is 1. The first-order valence-corrected chi connectivity index (χ1v) is 6.00. The maximum absolute atomic E-state index is 5.69. The third-order valence-corrected chi connectivity index (χ3v) is 2.88. The Morgan fingerprint density at radius 1 is 1.12 bits per heavy atom. The summed E-state index contributed by atoms with van der Waals surface area (Å²) < 4.78 is 0. The molecule has 0 unspecified atom stereocenters. The Morgan fingerprint density at radius 2 is 1.94 bits per heavy atom. The highest BCUT2D eigenvalue weighted by molar-refractivity contribution is 5.61. The van der Waals surface area contributed by atoms with E-state index in [0.717, 1.165) is 23.4 Å². The molecule has 0 bridgehead atoms. The lowest BCUT2D eigenvalue weighted by atomic mass is 10.0. The van der Waals surface area contributed by atoms with E-state index in [1.165, 1.54) is 11.1 Å². The Bertz CT molecular complexity index is 518. The molecule has 2 nitrogen and oxygen atoms in total. The molecule has 1 heterocycles. The van der Waals surface area contributed by atoms with Crippen LogP contribution in [0.4, 0.5) is 0 Å². The number of aromatic nitrogens is 1. The Hall–Kier alpha value is -1.67. The van der Waals surface area contributed by atoms with Crippen LogP contribution >= 0.6 is 0 Å². The summed E-state index contributed by atoms with van der Waals surface area (Å²) in [7, 11) is 0. The molecule has 0 radical (unpaired) electrons. The topological polar surface area (TPSA) is 38.9 Å². The fourth-order valence-electron chi connectivity index (χ4n) is 1.96. The molecule has 0 fully saturated rings. The monoisotopic (exact) mass is 226 g/mol. The van der Waals surface area contributed by atoms with E-state index in [-0.39, 0.29) is 0 Å². The second-order valence-electron chi connectivity index (χ2n) is 4.26. The van der Waals surface area contributed by atoms with Gasteiger partial charge in [0.15, 0.2) is 0 Å². The quantitative estimate of drug-likeness (QED) is 0.873. The third kappa shape index (κ3) is 2.71. The highest BCUT2D eigenvalue weighted by Crippen LogP contribution is 2.20. The normalized spacial score (nSPS) is 10.5. The smallest absolute Gasteiger partial charge is 0.0708 e. The van der Waals surface area contributed by atoms with Crippen LogP contribution in [0.25, 0.3) is 11.3 Å². The molecule has 0 spiro atoms. The van der Waals surface area contributed by atoms with E-state index in [1.54, 1.807) is 0 Å². The van der Waals surface area contributed by atoms with E-state index in [1.807, 2.05) is 13.0 Å². The number of hydrogen-bond acceptors (Lipinski definition) is 2. The molecule has 0 amide bonds. The summed E-state index contributed by atoms with van der Waals surface area (Å²) in [6.45, 7) is 4.73. The lowest BCUT2D eigenvalue weighted by Crippen LogP contribution is -1.99. The Balaban J connectivity index is 2.47. The zero-order valence-corrected chi connectivity index (χ0v) is 10.4. The maximum Gasteiger partial charge on any atom is 0.0708 e. The summed E-state index contributed by atoms with van der Waals surface area (Å²) in [5.41, 5.74) is 11.4. The molecule has 2 rings (SSSR count). The molecule has 2 heteroatoms. The number of aryl methyl sites for hydroxylation is 2. The molecule has 17 heavy (non-hydrogen) atoms. The van der Waals surface area contributed by atoms with Gasteiger partial charge in [-0.3, -0.25) is 4.98 Å². The van der Waals surface area contributed by atoms with Gasteiger partial charge in [-0.1, -0.05) is 25.1 Å². The summed E-state index contributed by atoms with van der Waals surface area (Å²) in [4.78, 5) is 4.57. The lowest BCUT2D eigenvalue weighted by Gasteiger charge is -2.07. The highest BCUT2D eigenvalue weighted by atomic mass is 14.7. The third-order valence-electron chi connectivity index (χ3n) is 2.88. The number of benzene rings is 1. The van der Waals surface area contributed by atoms with E-state index in [0.29, 0.717) is 6.54 Å². The van der Waals surface area contributed by atoms with Crippen LogP contribution in [0.5, 0.6) is 0 Å². The molecule has 1 aromatic carbocycles. The van der Waals surface area contributed by atoms with Gasteiger partial charge in [-0.15, -0.1) is 0 Å². The van der Waals surface area contributed by atoms with Crippen LogP contribution in [0.15, 0.2) is 36.4 Å². The predicted octanol–water partition coefficient (Wildman–Crippen LogP) is 3.08. The maximum atomic E-state index is 5.69. The molecular weight excluding hydrogens is 208 g/mol. The zero-order valence-electron chi connectivity index (χ0n) is 10.4. The minimum Gasteiger partial charge on any atom is -0.326 e. The Labute approximate surface area is 103 Å². The van der Waals surface area contributed by atoms with Crippen LogP contribution in [0.1, 0.15) is 23.7 Å². The van der Waals surface area contributed by atoms with Crippen molar-refractivity contribution in [2.24, 2.45) is 5.73 Å². The average molecular weight is 226 g/mol. The van der Waals surface area contributed by atoms with Gasteiger partial charge in [0.05, 0.1) is 5.69 Å². The van der Waals surface area contributed by atoms with Gasteiger partial charge in [-0.25, -0.2) is 0 Å². The summed E-state index contributed by atoms with van der Waals surface area (Å²) >= 11 is 0.